The largest absolute Gasteiger partial charge is 0.444 e. The molecule has 1 fully saturated rings. The lowest BCUT2D eigenvalue weighted by Gasteiger charge is -2.10. The summed E-state index contributed by atoms with van der Waals surface area (Å²) in [4.78, 5) is 22.5. The van der Waals surface area contributed by atoms with Gasteiger partial charge in [0.1, 0.15) is 12.4 Å². The van der Waals surface area contributed by atoms with Gasteiger partial charge in [0.25, 0.3) is 0 Å². The van der Waals surface area contributed by atoms with Gasteiger partial charge in [-0.2, -0.15) is 5.10 Å². The maximum absolute atomic E-state index is 11.9. The van der Waals surface area contributed by atoms with Crippen molar-refractivity contribution in [3.8, 4) is 17.1 Å². The van der Waals surface area contributed by atoms with Crippen LogP contribution in [0, 0.1) is 0 Å². The lowest BCUT2D eigenvalue weighted by atomic mass is 10.1. The highest BCUT2D eigenvalue weighted by Gasteiger charge is 2.30. The van der Waals surface area contributed by atoms with Crippen LogP contribution in [0.5, 0.6) is 0 Å². The highest BCUT2D eigenvalue weighted by molar-refractivity contribution is 9.10. The summed E-state index contributed by atoms with van der Waals surface area (Å²) < 4.78 is 9.88. The van der Waals surface area contributed by atoms with Crippen molar-refractivity contribution in [2.24, 2.45) is 0 Å². The monoisotopic (exact) mass is 448 g/mol. The molecule has 138 valence electrons. The number of fused-ring (bicyclic) bond motifs is 5. The van der Waals surface area contributed by atoms with Crippen LogP contribution in [0.1, 0.15) is 18.4 Å². The van der Waals surface area contributed by atoms with Crippen molar-refractivity contribution in [3.63, 3.8) is 0 Å². The number of cyclic esters (lactones) is 1. The first-order chi connectivity index (χ1) is 13.0. The van der Waals surface area contributed by atoms with Gasteiger partial charge in [-0.1, -0.05) is 27.5 Å². The summed E-state index contributed by atoms with van der Waals surface area (Å²) in [5.41, 5.74) is 2.68. The first kappa shape index (κ1) is 16.8. The lowest BCUT2D eigenvalue weighted by molar-refractivity contribution is 0.137. The number of amides is 1. The third kappa shape index (κ3) is 2.72. The van der Waals surface area contributed by atoms with E-state index in [0.29, 0.717) is 30.6 Å². The molecule has 0 saturated carbocycles. The fourth-order valence-corrected chi connectivity index (χ4v) is 4.03. The van der Waals surface area contributed by atoms with Crippen LogP contribution in [-0.4, -0.2) is 48.0 Å². The number of rotatable bonds is 2. The molecule has 1 atom stereocenters. The zero-order valence-electron chi connectivity index (χ0n) is 14.3. The maximum atomic E-state index is 11.9. The third-order valence-electron chi connectivity index (χ3n) is 4.66. The van der Waals surface area contributed by atoms with Crippen LogP contribution in [0.25, 0.3) is 17.1 Å². The molecule has 2 aromatic heterocycles. The molecule has 5 rings (SSSR count). The van der Waals surface area contributed by atoms with Crippen LogP contribution in [0.2, 0.25) is 5.15 Å². The van der Waals surface area contributed by atoms with Crippen molar-refractivity contribution in [2.75, 3.05) is 6.54 Å². The van der Waals surface area contributed by atoms with Gasteiger partial charge in [0, 0.05) is 10.0 Å². The Bertz CT molecular complexity index is 1080. The molecule has 0 N–H and O–H groups in total. The molecule has 10 heteroatoms. The second-order valence-corrected chi connectivity index (χ2v) is 7.87. The standard InChI is InChI=1S/C17H14BrClN6O2/c1-9-5-23(17(26)27-9)7-14-21-16-11-4-10(18)2-3-12(11)24-8-20-15(19)13(24)6-25(16)22-14/h2-4,8-9H,5-7H2,1H3/t9-/m1/s1. The molecule has 1 aromatic carbocycles. The Balaban J connectivity index is 1.61. The van der Waals surface area contributed by atoms with Crippen LogP contribution in [0.15, 0.2) is 29.0 Å². The number of carbonyl (C=O) groups excluding carboxylic acids is 1. The van der Waals surface area contributed by atoms with E-state index in [1.165, 1.54) is 0 Å². The third-order valence-corrected chi connectivity index (χ3v) is 5.47. The van der Waals surface area contributed by atoms with Gasteiger partial charge in [-0.05, 0) is 25.1 Å². The Labute approximate surface area is 167 Å². The molecule has 2 aliphatic heterocycles. The molecule has 27 heavy (non-hydrogen) atoms. The fraction of sp³-hybridized carbons (Fsp3) is 0.294. The van der Waals surface area contributed by atoms with E-state index in [4.69, 9.17) is 21.3 Å². The number of hydrogen-bond donors (Lipinski definition) is 0. The molecule has 3 aromatic rings. The minimum Gasteiger partial charge on any atom is -0.444 e. The number of aromatic nitrogens is 5. The van der Waals surface area contributed by atoms with Crippen LogP contribution in [0.3, 0.4) is 0 Å². The predicted molar refractivity (Wildman–Crippen MR) is 101 cm³/mol. The second kappa shape index (κ2) is 6.07. The van der Waals surface area contributed by atoms with Gasteiger partial charge in [-0.3, -0.25) is 9.47 Å². The number of benzene rings is 1. The zero-order valence-corrected chi connectivity index (χ0v) is 16.6. The van der Waals surface area contributed by atoms with Crippen LogP contribution < -0.4 is 0 Å². The average molecular weight is 450 g/mol. The van der Waals surface area contributed by atoms with Gasteiger partial charge in [0.15, 0.2) is 16.8 Å². The van der Waals surface area contributed by atoms with Crippen molar-refractivity contribution in [3.05, 3.63) is 45.7 Å². The minimum atomic E-state index is -0.336. The number of ether oxygens (including phenoxy) is 1. The van der Waals surface area contributed by atoms with E-state index in [2.05, 4.69) is 26.0 Å². The number of nitrogens with zero attached hydrogens (tertiary/aromatic N) is 6. The normalized spacial score (nSPS) is 18.0. The predicted octanol–water partition coefficient (Wildman–Crippen LogP) is 3.25. The van der Waals surface area contributed by atoms with Crippen molar-refractivity contribution >= 4 is 33.6 Å². The molecule has 8 nitrogen and oxygen atoms in total. The van der Waals surface area contributed by atoms with Crippen molar-refractivity contribution < 1.29 is 9.53 Å². The topological polar surface area (TPSA) is 78.1 Å². The smallest absolute Gasteiger partial charge is 0.410 e. The maximum Gasteiger partial charge on any atom is 0.410 e. The molecule has 4 heterocycles. The lowest BCUT2D eigenvalue weighted by Crippen LogP contribution is -2.25. The summed E-state index contributed by atoms with van der Waals surface area (Å²) in [7, 11) is 0. The van der Waals surface area contributed by atoms with Gasteiger partial charge in [-0.25, -0.2) is 19.4 Å². The number of imidazole rings is 1. The molecule has 2 aliphatic rings. The van der Waals surface area contributed by atoms with E-state index < -0.39 is 0 Å². The summed E-state index contributed by atoms with van der Waals surface area (Å²) in [6.45, 7) is 3.14. The van der Waals surface area contributed by atoms with E-state index in [1.54, 1.807) is 15.9 Å². The summed E-state index contributed by atoms with van der Waals surface area (Å²) >= 11 is 9.83. The van der Waals surface area contributed by atoms with Crippen molar-refractivity contribution in [1.29, 1.82) is 0 Å². The highest BCUT2D eigenvalue weighted by atomic mass is 79.9. The Morgan fingerprint density at radius 1 is 1.41 bits per heavy atom. The summed E-state index contributed by atoms with van der Waals surface area (Å²) in [6.07, 6.45) is 1.25. The van der Waals surface area contributed by atoms with Crippen LogP contribution in [0.4, 0.5) is 4.79 Å². The molecular formula is C17H14BrClN6O2. The first-order valence-corrected chi connectivity index (χ1v) is 9.58. The Morgan fingerprint density at radius 3 is 3.04 bits per heavy atom. The Morgan fingerprint density at radius 2 is 2.26 bits per heavy atom. The molecule has 0 radical (unpaired) electrons. The summed E-state index contributed by atoms with van der Waals surface area (Å²) in [5, 5.41) is 5.06. The van der Waals surface area contributed by atoms with E-state index in [9.17, 15) is 4.79 Å². The van der Waals surface area contributed by atoms with Crippen LogP contribution >= 0.6 is 27.5 Å². The van der Waals surface area contributed by atoms with E-state index in [0.717, 1.165) is 27.2 Å². The van der Waals surface area contributed by atoms with E-state index in [-0.39, 0.29) is 12.2 Å². The van der Waals surface area contributed by atoms with Crippen LogP contribution in [-0.2, 0) is 17.8 Å². The van der Waals surface area contributed by atoms with Crippen molar-refractivity contribution in [1.82, 2.24) is 29.2 Å². The molecule has 0 spiro atoms. The Kier molecular flexibility index (Phi) is 3.76. The summed E-state index contributed by atoms with van der Waals surface area (Å²) in [6, 6.07) is 5.95. The van der Waals surface area contributed by atoms with Gasteiger partial charge in [0.05, 0.1) is 31.0 Å². The molecule has 0 unspecified atom stereocenters. The fourth-order valence-electron chi connectivity index (χ4n) is 3.47. The van der Waals surface area contributed by atoms with Gasteiger partial charge in [-0.15, -0.1) is 0 Å². The Hall–Kier alpha value is -2.39. The SMILES string of the molecule is C[C@@H]1CN(Cc2nc3n(n2)Cc2c(Cl)ncn2-c2ccc(Br)cc2-3)C(=O)O1. The van der Waals surface area contributed by atoms with Crippen molar-refractivity contribution in [2.45, 2.75) is 26.1 Å². The number of hydrogen-bond acceptors (Lipinski definition) is 5. The highest BCUT2D eigenvalue weighted by Crippen LogP contribution is 2.34. The molecule has 0 aliphatic carbocycles. The molecule has 0 bridgehead atoms. The number of halogens is 2. The average Bonchev–Trinajstić information content (AvgIpc) is 3.25. The quantitative estimate of drug-likeness (QED) is 0.469. The summed E-state index contributed by atoms with van der Waals surface area (Å²) in [5.74, 6) is 1.28. The zero-order chi connectivity index (χ0) is 18.7. The van der Waals surface area contributed by atoms with Gasteiger partial charge < -0.3 is 4.74 Å². The molecule has 1 amide bonds. The van der Waals surface area contributed by atoms with Gasteiger partial charge >= 0.3 is 6.09 Å². The molecule has 1 saturated heterocycles. The number of carbonyl (C=O) groups is 1. The molecular weight excluding hydrogens is 436 g/mol. The van der Waals surface area contributed by atoms with E-state index in [1.807, 2.05) is 29.7 Å². The van der Waals surface area contributed by atoms with Gasteiger partial charge in [0.2, 0.25) is 0 Å². The van der Waals surface area contributed by atoms with E-state index >= 15 is 0 Å². The first-order valence-electron chi connectivity index (χ1n) is 8.41. The minimum absolute atomic E-state index is 0.122. The second-order valence-electron chi connectivity index (χ2n) is 6.60.